The Bertz CT molecular complexity index is 621. The number of nitrogens with zero attached hydrogens (tertiary/aromatic N) is 1. The fraction of sp³-hybridized carbons (Fsp3) is 0.389. The highest BCUT2D eigenvalue weighted by Gasteiger charge is 2.23. The zero-order valence-electron chi connectivity index (χ0n) is 11.7. The lowest BCUT2D eigenvalue weighted by atomic mass is 9.95. The number of hydrogen-bond acceptors (Lipinski definition) is 2. The van der Waals surface area contributed by atoms with Crippen LogP contribution >= 0.6 is 0 Å². The topological polar surface area (TPSA) is 35.8 Å². The van der Waals surface area contributed by atoms with Gasteiger partial charge in [0.1, 0.15) is 0 Å². The van der Waals surface area contributed by atoms with E-state index in [-0.39, 0.29) is 12.0 Å². The van der Waals surface area contributed by atoms with Gasteiger partial charge in [0.2, 0.25) is 0 Å². The van der Waals surface area contributed by atoms with E-state index >= 15 is 0 Å². The molecule has 102 valence electrons. The van der Waals surface area contributed by atoms with Gasteiger partial charge in [-0.25, -0.2) is 0 Å². The molecule has 1 N–H and O–H groups in total. The number of hydrogen-bond donors (Lipinski definition) is 1. The van der Waals surface area contributed by atoms with Crippen molar-refractivity contribution < 1.29 is 0 Å². The minimum absolute atomic E-state index is 0.136. The Morgan fingerprint density at radius 1 is 0.950 bits per heavy atom. The summed E-state index contributed by atoms with van der Waals surface area (Å²) >= 11 is 0. The SMILES string of the molecule is N#CC1CCCCCC1Nc1cccc2ccccc12. The summed E-state index contributed by atoms with van der Waals surface area (Å²) in [6.45, 7) is 0. The second kappa shape index (κ2) is 5.96. The highest BCUT2D eigenvalue weighted by molar-refractivity contribution is 5.93. The molecule has 0 radical (unpaired) electrons. The molecule has 0 amide bonds. The molecule has 2 aromatic carbocycles. The molecular formula is C18H20N2. The van der Waals surface area contributed by atoms with Gasteiger partial charge in [-0.1, -0.05) is 55.7 Å². The van der Waals surface area contributed by atoms with Gasteiger partial charge in [0.05, 0.1) is 12.0 Å². The Hall–Kier alpha value is -2.01. The van der Waals surface area contributed by atoms with E-state index in [9.17, 15) is 5.26 Å². The fourth-order valence-electron chi connectivity index (χ4n) is 3.19. The summed E-state index contributed by atoms with van der Waals surface area (Å²) in [6, 6.07) is 17.6. The standard InChI is InChI=1S/C18H20N2/c19-13-15-8-2-1-3-11-17(15)20-18-12-6-9-14-7-4-5-10-16(14)18/h4-7,9-10,12,15,17,20H,1-3,8,11H2. The predicted molar refractivity (Wildman–Crippen MR) is 83.5 cm³/mol. The van der Waals surface area contributed by atoms with Crippen LogP contribution in [0.1, 0.15) is 32.1 Å². The monoisotopic (exact) mass is 264 g/mol. The zero-order valence-corrected chi connectivity index (χ0v) is 11.7. The molecule has 0 bridgehead atoms. The molecule has 0 heterocycles. The van der Waals surface area contributed by atoms with Crippen LogP contribution in [0.2, 0.25) is 0 Å². The number of fused-ring (bicyclic) bond motifs is 1. The van der Waals surface area contributed by atoms with Gasteiger partial charge < -0.3 is 5.32 Å². The van der Waals surface area contributed by atoms with Crippen molar-refractivity contribution in [2.24, 2.45) is 5.92 Å². The maximum Gasteiger partial charge on any atom is 0.0677 e. The van der Waals surface area contributed by atoms with Crippen molar-refractivity contribution in [3.05, 3.63) is 42.5 Å². The number of nitriles is 1. The first-order valence-corrected chi connectivity index (χ1v) is 7.52. The Morgan fingerprint density at radius 3 is 2.65 bits per heavy atom. The Labute approximate surface area is 120 Å². The van der Waals surface area contributed by atoms with E-state index in [1.54, 1.807) is 0 Å². The molecule has 0 aliphatic heterocycles. The molecular weight excluding hydrogens is 244 g/mol. The van der Waals surface area contributed by atoms with Crippen molar-refractivity contribution in [3.63, 3.8) is 0 Å². The van der Waals surface area contributed by atoms with Gasteiger partial charge in [-0.2, -0.15) is 5.26 Å². The van der Waals surface area contributed by atoms with Gasteiger partial charge in [-0.05, 0) is 24.3 Å². The van der Waals surface area contributed by atoms with Crippen molar-refractivity contribution in [1.82, 2.24) is 0 Å². The summed E-state index contributed by atoms with van der Waals surface area (Å²) in [7, 11) is 0. The maximum atomic E-state index is 9.39. The van der Waals surface area contributed by atoms with Crippen LogP contribution in [0.5, 0.6) is 0 Å². The lowest BCUT2D eigenvalue weighted by Gasteiger charge is -2.23. The van der Waals surface area contributed by atoms with Crippen LogP contribution in [0.25, 0.3) is 10.8 Å². The van der Waals surface area contributed by atoms with Crippen molar-refractivity contribution >= 4 is 16.5 Å². The van der Waals surface area contributed by atoms with Crippen LogP contribution in [-0.4, -0.2) is 6.04 Å². The summed E-state index contributed by atoms with van der Waals surface area (Å²) in [4.78, 5) is 0. The summed E-state index contributed by atoms with van der Waals surface area (Å²) in [5.41, 5.74) is 1.16. The van der Waals surface area contributed by atoms with Gasteiger partial charge in [-0.15, -0.1) is 0 Å². The van der Waals surface area contributed by atoms with Crippen LogP contribution in [0, 0.1) is 17.2 Å². The summed E-state index contributed by atoms with van der Waals surface area (Å²) in [6.07, 6.45) is 5.79. The zero-order chi connectivity index (χ0) is 13.8. The normalized spacial score (nSPS) is 22.9. The van der Waals surface area contributed by atoms with Crippen molar-refractivity contribution in [2.75, 3.05) is 5.32 Å². The molecule has 2 unspecified atom stereocenters. The molecule has 2 aromatic rings. The first-order valence-electron chi connectivity index (χ1n) is 7.52. The molecule has 20 heavy (non-hydrogen) atoms. The first-order chi connectivity index (χ1) is 9.88. The summed E-state index contributed by atoms with van der Waals surface area (Å²) in [5.74, 6) is 0.136. The lowest BCUT2D eigenvalue weighted by Crippen LogP contribution is -2.27. The van der Waals surface area contributed by atoms with E-state index in [1.807, 2.05) is 0 Å². The minimum Gasteiger partial charge on any atom is -0.380 e. The van der Waals surface area contributed by atoms with Gasteiger partial charge in [0.25, 0.3) is 0 Å². The van der Waals surface area contributed by atoms with E-state index in [2.05, 4.69) is 53.9 Å². The second-order valence-corrected chi connectivity index (χ2v) is 5.65. The average Bonchev–Trinajstić information content (AvgIpc) is 2.72. The molecule has 1 saturated carbocycles. The molecule has 0 aromatic heterocycles. The van der Waals surface area contributed by atoms with Crippen LogP contribution in [0.4, 0.5) is 5.69 Å². The Kier molecular flexibility index (Phi) is 3.87. The number of rotatable bonds is 2. The van der Waals surface area contributed by atoms with Crippen LogP contribution in [0.3, 0.4) is 0 Å². The number of anilines is 1. The van der Waals surface area contributed by atoms with Crippen LogP contribution in [-0.2, 0) is 0 Å². The quantitative estimate of drug-likeness (QED) is 0.796. The molecule has 3 rings (SSSR count). The van der Waals surface area contributed by atoms with E-state index < -0.39 is 0 Å². The van der Waals surface area contributed by atoms with Gasteiger partial charge in [0.15, 0.2) is 0 Å². The molecule has 1 aliphatic carbocycles. The Balaban J connectivity index is 1.90. The highest BCUT2D eigenvalue weighted by atomic mass is 14.9. The average molecular weight is 264 g/mol. The van der Waals surface area contributed by atoms with Crippen LogP contribution in [0.15, 0.2) is 42.5 Å². The van der Waals surface area contributed by atoms with E-state index in [0.29, 0.717) is 0 Å². The van der Waals surface area contributed by atoms with E-state index in [0.717, 1.165) is 18.5 Å². The third-order valence-corrected chi connectivity index (χ3v) is 4.31. The van der Waals surface area contributed by atoms with Crippen molar-refractivity contribution in [3.8, 4) is 6.07 Å². The Morgan fingerprint density at radius 2 is 1.75 bits per heavy atom. The molecule has 2 heteroatoms. The molecule has 0 spiro atoms. The minimum atomic E-state index is 0.136. The molecule has 2 nitrogen and oxygen atoms in total. The number of nitrogens with one attached hydrogen (secondary N) is 1. The van der Waals surface area contributed by atoms with Gasteiger partial charge in [0, 0.05) is 17.1 Å². The van der Waals surface area contributed by atoms with E-state index in [4.69, 9.17) is 0 Å². The van der Waals surface area contributed by atoms with Gasteiger partial charge in [-0.3, -0.25) is 0 Å². The fourth-order valence-corrected chi connectivity index (χ4v) is 3.19. The van der Waals surface area contributed by atoms with Crippen molar-refractivity contribution in [1.29, 1.82) is 5.26 Å². The van der Waals surface area contributed by atoms with Crippen LogP contribution < -0.4 is 5.32 Å². The van der Waals surface area contributed by atoms with Crippen molar-refractivity contribution in [2.45, 2.75) is 38.1 Å². The molecule has 2 atom stereocenters. The van der Waals surface area contributed by atoms with Gasteiger partial charge >= 0.3 is 0 Å². The largest absolute Gasteiger partial charge is 0.380 e. The second-order valence-electron chi connectivity index (χ2n) is 5.65. The van der Waals surface area contributed by atoms with E-state index in [1.165, 1.54) is 30.0 Å². The molecule has 0 saturated heterocycles. The molecule has 1 fully saturated rings. The molecule has 1 aliphatic rings. The number of benzene rings is 2. The first kappa shape index (κ1) is 13.0. The third kappa shape index (κ3) is 2.63. The lowest BCUT2D eigenvalue weighted by molar-refractivity contribution is 0.514. The smallest absolute Gasteiger partial charge is 0.0677 e. The third-order valence-electron chi connectivity index (χ3n) is 4.31. The summed E-state index contributed by atoms with van der Waals surface area (Å²) < 4.78 is 0. The summed E-state index contributed by atoms with van der Waals surface area (Å²) in [5, 5.41) is 15.5. The highest BCUT2D eigenvalue weighted by Crippen LogP contribution is 2.29. The predicted octanol–water partition coefficient (Wildman–Crippen LogP) is 4.72. The maximum absolute atomic E-state index is 9.39.